The third-order valence-corrected chi connectivity index (χ3v) is 1.44. The average molecular weight is 184 g/mol. The van der Waals surface area contributed by atoms with Crippen LogP contribution in [0.15, 0.2) is 10.6 Å². The predicted octanol–water partition coefficient (Wildman–Crippen LogP) is 0.351. The summed E-state index contributed by atoms with van der Waals surface area (Å²) in [4.78, 5) is 14.8. The predicted molar refractivity (Wildman–Crippen MR) is 45.2 cm³/mol. The Balaban J connectivity index is 2.69. The van der Waals surface area contributed by atoms with Crippen molar-refractivity contribution < 1.29 is 13.9 Å². The molecule has 1 aromatic heterocycles. The van der Waals surface area contributed by atoms with E-state index in [4.69, 9.17) is 10.2 Å². The molecule has 0 aromatic carbocycles. The molecular formula is C8H12N2O3. The van der Waals surface area contributed by atoms with E-state index >= 15 is 0 Å². The van der Waals surface area contributed by atoms with Gasteiger partial charge in [-0.25, -0.2) is 9.78 Å². The van der Waals surface area contributed by atoms with Crippen molar-refractivity contribution in [1.82, 2.24) is 4.98 Å². The van der Waals surface area contributed by atoms with Crippen LogP contribution in [0, 0.1) is 0 Å². The van der Waals surface area contributed by atoms with E-state index in [0.717, 1.165) is 0 Å². The van der Waals surface area contributed by atoms with E-state index in [9.17, 15) is 4.79 Å². The maximum Gasteiger partial charge on any atom is 0.375 e. The second-order valence-electron chi connectivity index (χ2n) is 2.79. The average Bonchev–Trinajstić information content (AvgIpc) is 2.50. The molecular weight excluding hydrogens is 172 g/mol. The van der Waals surface area contributed by atoms with Gasteiger partial charge in [0.15, 0.2) is 5.89 Å². The molecule has 1 rings (SSSR count). The lowest BCUT2D eigenvalue weighted by Crippen LogP contribution is -2.17. The summed E-state index contributed by atoms with van der Waals surface area (Å²) in [7, 11) is 1.29. The highest BCUT2D eigenvalue weighted by atomic mass is 16.5. The van der Waals surface area contributed by atoms with Gasteiger partial charge in [0.25, 0.3) is 0 Å². The van der Waals surface area contributed by atoms with Gasteiger partial charge in [0.1, 0.15) is 0 Å². The van der Waals surface area contributed by atoms with Crippen molar-refractivity contribution in [2.75, 3.05) is 7.11 Å². The number of oxazole rings is 1. The van der Waals surface area contributed by atoms with Crippen LogP contribution in [0.1, 0.15) is 23.4 Å². The molecule has 1 atom stereocenters. The van der Waals surface area contributed by atoms with E-state index < -0.39 is 5.97 Å². The number of carbonyl (C=O) groups excluding carboxylic acids is 1. The molecule has 0 fully saturated rings. The summed E-state index contributed by atoms with van der Waals surface area (Å²) >= 11 is 0. The fraction of sp³-hybridized carbons (Fsp3) is 0.500. The third kappa shape index (κ3) is 2.55. The van der Waals surface area contributed by atoms with Crippen molar-refractivity contribution in [2.24, 2.45) is 5.73 Å². The van der Waals surface area contributed by atoms with Crippen LogP contribution in [0.3, 0.4) is 0 Å². The van der Waals surface area contributed by atoms with E-state index in [2.05, 4.69) is 9.72 Å². The first-order valence-corrected chi connectivity index (χ1v) is 3.92. The zero-order chi connectivity index (χ0) is 9.84. The molecule has 5 nitrogen and oxygen atoms in total. The molecule has 0 saturated carbocycles. The minimum Gasteiger partial charge on any atom is -0.463 e. The molecule has 0 radical (unpaired) electrons. The van der Waals surface area contributed by atoms with Crippen molar-refractivity contribution in [1.29, 1.82) is 0 Å². The van der Waals surface area contributed by atoms with Gasteiger partial charge in [0, 0.05) is 12.5 Å². The number of rotatable bonds is 3. The van der Waals surface area contributed by atoms with Gasteiger partial charge in [-0.3, -0.25) is 0 Å². The van der Waals surface area contributed by atoms with Crippen LogP contribution in [0.4, 0.5) is 0 Å². The molecule has 1 unspecified atom stereocenters. The lowest BCUT2D eigenvalue weighted by atomic mass is 10.2. The maximum absolute atomic E-state index is 10.9. The highest BCUT2D eigenvalue weighted by molar-refractivity contribution is 5.85. The van der Waals surface area contributed by atoms with E-state index in [1.54, 1.807) is 0 Å². The Morgan fingerprint density at radius 2 is 2.54 bits per heavy atom. The van der Waals surface area contributed by atoms with E-state index in [1.165, 1.54) is 13.3 Å². The first kappa shape index (κ1) is 9.73. The van der Waals surface area contributed by atoms with E-state index in [1.807, 2.05) is 6.92 Å². The molecule has 1 heterocycles. The van der Waals surface area contributed by atoms with Crippen molar-refractivity contribution in [3.63, 3.8) is 0 Å². The SMILES string of the molecule is COC(=O)c1cnc(CC(C)N)o1. The lowest BCUT2D eigenvalue weighted by molar-refractivity contribution is 0.0563. The quantitative estimate of drug-likeness (QED) is 0.686. The molecule has 0 aliphatic heterocycles. The van der Waals surface area contributed by atoms with Crippen LogP contribution in [0.5, 0.6) is 0 Å². The fourth-order valence-electron chi connectivity index (χ4n) is 0.875. The Hall–Kier alpha value is -1.36. The summed E-state index contributed by atoms with van der Waals surface area (Å²) < 4.78 is 9.53. The Morgan fingerprint density at radius 3 is 3.08 bits per heavy atom. The molecule has 0 saturated heterocycles. The van der Waals surface area contributed by atoms with Gasteiger partial charge in [0.2, 0.25) is 5.76 Å². The molecule has 5 heteroatoms. The summed E-state index contributed by atoms with van der Waals surface area (Å²) in [6.07, 6.45) is 1.85. The molecule has 1 aromatic rings. The molecule has 2 N–H and O–H groups in total. The molecule has 72 valence electrons. The first-order valence-electron chi connectivity index (χ1n) is 3.92. The van der Waals surface area contributed by atoms with Crippen LogP contribution in [-0.2, 0) is 11.2 Å². The van der Waals surface area contributed by atoms with Crippen LogP contribution in [-0.4, -0.2) is 24.1 Å². The summed E-state index contributed by atoms with van der Waals surface area (Å²) in [6.45, 7) is 1.84. The van der Waals surface area contributed by atoms with Gasteiger partial charge in [-0.2, -0.15) is 0 Å². The monoisotopic (exact) mass is 184 g/mol. The molecule has 0 bridgehead atoms. The number of nitrogens with zero attached hydrogens (tertiary/aromatic N) is 1. The number of ether oxygens (including phenoxy) is 1. The fourth-order valence-corrected chi connectivity index (χ4v) is 0.875. The standard InChI is InChI=1S/C8H12N2O3/c1-5(9)3-7-10-4-6(13-7)8(11)12-2/h4-5H,3,9H2,1-2H3. The number of methoxy groups -OCH3 is 1. The van der Waals surface area contributed by atoms with Crippen LogP contribution in [0.2, 0.25) is 0 Å². The second kappa shape index (κ2) is 4.04. The number of hydrogen-bond donors (Lipinski definition) is 1. The highest BCUT2D eigenvalue weighted by Gasteiger charge is 2.12. The first-order chi connectivity index (χ1) is 6.13. The van der Waals surface area contributed by atoms with Gasteiger partial charge in [-0.15, -0.1) is 0 Å². The molecule has 0 aliphatic rings. The smallest absolute Gasteiger partial charge is 0.375 e. The summed E-state index contributed by atoms with van der Waals surface area (Å²) in [6, 6.07) is -0.0378. The van der Waals surface area contributed by atoms with Crippen LogP contribution >= 0.6 is 0 Å². The largest absolute Gasteiger partial charge is 0.463 e. The van der Waals surface area contributed by atoms with Crippen LogP contribution in [0.25, 0.3) is 0 Å². The summed E-state index contributed by atoms with van der Waals surface area (Å²) in [5, 5.41) is 0. The topological polar surface area (TPSA) is 78.3 Å². The van der Waals surface area contributed by atoms with Gasteiger partial charge >= 0.3 is 5.97 Å². The zero-order valence-electron chi connectivity index (χ0n) is 7.61. The van der Waals surface area contributed by atoms with Crippen molar-refractivity contribution >= 4 is 5.97 Å². The Kier molecular flexibility index (Phi) is 3.02. The number of nitrogens with two attached hydrogens (primary N) is 1. The second-order valence-corrected chi connectivity index (χ2v) is 2.79. The summed E-state index contributed by atoms with van der Waals surface area (Å²) in [5.74, 6) is 0.0389. The van der Waals surface area contributed by atoms with Gasteiger partial charge in [-0.1, -0.05) is 0 Å². The Morgan fingerprint density at radius 1 is 1.85 bits per heavy atom. The molecule has 0 spiro atoms. The number of esters is 1. The Labute approximate surface area is 75.9 Å². The van der Waals surface area contributed by atoms with Crippen LogP contribution < -0.4 is 5.73 Å². The number of aromatic nitrogens is 1. The Bertz CT molecular complexity index is 293. The summed E-state index contributed by atoms with van der Waals surface area (Å²) in [5.41, 5.74) is 5.53. The van der Waals surface area contributed by atoms with Gasteiger partial charge in [0.05, 0.1) is 13.3 Å². The van der Waals surface area contributed by atoms with E-state index in [0.29, 0.717) is 12.3 Å². The maximum atomic E-state index is 10.9. The molecule has 0 aliphatic carbocycles. The van der Waals surface area contributed by atoms with E-state index in [-0.39, 0.29) is 11.8 Å². The molecule has 0 amide bonds. The highest BCUT2D eigenvalue weighted by Crippen LogP contribution is 2.06. The van der Waals surface area contributed by atoms with Gasteiger partial charge < -0.3 is 14.9 Å². The normalized spacial score (nSPS) is 12.5. The number of hydrogen-bond acceptors (Lipinski definition) is 5. The molecule has 13 heavy (non-hydrogen) atoms. The van der Waals surface area contributed by atoms with Gasteiger partial charge in [-0.05, 0) is 6.92 Å². The zero-order valence-corrected chi connectivity index (χ0v) is 7.61. The third-order valence-electron chi connectivity index (χ3n) is 1.44. The van der Waals surface area contributed by atoms with Crippen molar-refractivity contribution in [3.8, 4) is 0 Å². The van der Waals surface area contributed by atoms with Crippen molar-refractivity contribution in [2.45, 2.75) is 19.4 Å². The lowest BCUT2D eigenvalue weighted by Gasteiger charge is -1.98. The minimum absolute atomic E-state index is 0.0378. The number of carbonyl (C=O) groups is 1. The van der Waals surface area contributed by atoms with Crippen molar-refractivity contribution in [3.05, 3.63) is 17.8 Å². The minimum atomic E-state index is -0.525.